The number of carbonyl (C=O) groups is 1. The van der Waals surface area contributed by atoms with Gasteiger partial charge >= 0.3 is 12.2 Å². The van der Waals surface area contributed by atoms with Crippen molar-refractivity contribution < 1.29 is 32.0 Å². The fourth-order valence-corrected chi connectivity index (χ4v) is 3.32. The molecule has 1 fully saturated rings. The molecule has 0 aromatic heterocycles. The number of morpholine rings is 1. The van der Waals surface area contributed by atoms with Gasteiger partial charge < -0.3 is 20.3 Å². The van der Waals surface area contributed by atoms with Crippen LogP contribution in [0.5, 0.6) is 0 Å². The van der Waals surface area contributed by atoms with Crippen molar-refractivity contribution in [1.29, 1.82) is 0 Å². The quantitative estimate of drug-likeness (QED) is 0.662. The maximum absolute atomic E-state index is 13.3. The van der Waals surface area contributed by atoms with Gasteiger partial charge in [-0.05, 0) is 30.3 Å². The minimum absolute atomic E-state index is 0.0503. The van der Waals surface area contributed by atoms with Crippen molar-refractivity contribution in [3.8, 4) is 0 Å². The van der Waals surface area contributed by atoms with Crippen molar-refractivity contribution in [2.75, 3.05) is 38.2 Å². The predicted molar refractivity (Wildman–Crippen MR) is 99.1 cm³/mol. The highest BCUT2D eigenvalue weighted by atomic mass is 19.4. The highest BCUT2D eigenvalue weighted by Crippen LogP contribution is 2.30. The maximum Gasteiger partial charge on any atom is 0.416 e. The molecule has 29 heavy (non-hydrogen) atoms. The molecule has 0 aliphatic carbocycles. The lowest BCUT2D eigenvalue weighted by atomic mass is 10.0. The molecule has 3 rings (SSSR count). The number of hydrogen-bond donors (Lipinski definition) is 3. The third-order valence-corrected chi connectivity index (χ3v) is 4.81. The Balaban J connectivity index is 1.65. The second kappa shape index (κ2) is 9.23. The van der Waals surface area contributed by atoms with Crippen LogP contribution in [0.15, 0.2) is 48.5 Å². The predicted octanol–water partition coefficient (Wildman–Crippen LogP) is 2.62. The van der Waals surface area contributed by atoms with E-state index in [4.69, 9.17) is 4.74 Å². The summed E-state index contributed by atoms with van der Waals surface area (Å²) in [6, 6.07) is 9.78. The fourth-order valence-electron chi connectivity index (χ4n) is 3.32. The van der Waals surface area contributed by atoms with Crippen LogP contribution >= 0.6 is 0 Å². The molecule has 9 heteroatoms. The number of urea groups is 1. The van der Waals surface area contributed by atoms with E-state index in [1.165, 1.54) is 29.2 Å². The Kier molecular flexibility index (Phi) is 6.71. The van der Waals surface area contributed by atoms with Crippen molar-refractivity contribution in [1.82, 2.24) is 5.32 Å². The lowest BCUT2D eigenvalue weighted by Crippen LogP contribution is -3.15. The van der Waals surface area contributed by atoms with Crippen LogP contribution in [-0.4, -0.2) is 38.9 Å². The molecule has 0 spiro atoms. The molecule has 1 saturated heterocycles. The fraction of sp³-hybridized carbons (Fsp3) is 0.350. The number of rotatable bonds is 5. The molecule has 1 aliphatic rings. The van der Waals surface area contributed by atoms with E-state index in [-0.39, 0.29) is 24.1 Å². The molecule has 0 bridgehead atoms. The Morgan fingerprint density at radius 3 is 2.45 bits per heavy atom. The molecule has 0 unspecified atom stereocenters. The minimum Gasteiger partial charge on any atom is -0.370 e. The number of ether oxygens (including phenoxy) is 1. The van der Waals surface area contributed by atoms with E-state index >= 15 is 0 Å². The van der Waals surface area contributed by atoms with E-state index in [0.29, 0.717) is 13.2 Å². The van der Waals surface area contributed by atoms with Crippen molar-refractivity contribution >= 4 is 11.7 Å². The van der Waals surface area contributed by atoms with E-state index in [1.807, 2.05) is 0 Å². The Labute approximate surface area is 165 Å². The number of hydrogen-bond acceptors (Lipinski definition) is 2. The molecule has 0 saturated carbocycles. The summed E-state index contributed by atoms with van der Waals surface area (Å²) in [6.07, 6.45) is -4.48. The van der Waals surface area contributed by atoms with Gasteiger partial charge in [0.05, 0.1) is 25.3 Å². The van der Waals surface area contributed by atoms with Gasteiger partial charge in [-0.25, -0.2) is 9.18 Å². The summed E-state index contributed by atoms with van der Waals surface area (Å²) in [6.45, 7) is 2.89. The van der Waals surface area contributed by atoms with Crippen LogP contribution < -0.4 is 15.5 Å². The summed E-state index contributed by atoms with van der Waals surface area (Å²) < 4.78 is 57.1. The molecule has 1 atom stereocenters. The smallest absolute Gasteiger partial charge is 0.370 e. The first-order chi connectivity index (χ1) is 13.8. The lowest BCUT2D eigenvalue weighted by molar-refractivity contribution is -0.937. The Bertz CT molecular complexity index is 821. The van der Waals surface area contributed by atoms with E-state index in [2.05, 4.69) is 10.6 Å². The summed E-state index contributed by atoms with van der Waals surface area (Å²) in [5, 5.41) is 5.14. The monoisotopic (exact) mass is 412 g/mol. The largest absolute Gasteiger partial charge is 0.416 e. The maximum atomic E-state index is 13.3. The normalized spacial score (nSPS) is 16.3. The van der Waals surface area contributed by atoms with Crippen LogP contribution in [0.2, 0.25) is 0 Å². The SMILES string of the molecule is O=C(NC[C@@H](c1ccc(F)cc1)[NH+]1CCOCC1)Nc1cccc(C(F)(F)F)c1. The number of amides is 2. The average Bonchev–Trinajstić information content (AvgIpc) is 2.70. The zero-order chi connectivity index (χ0) is 20.9. The first-order valence-corrected chi connectivity index (χ1v) is 9.23. The highest BCUT2D eigenvalue weighted by Gasteiger charge is 2.31. The Morgan fingerprint density at radius 1 is 1.10 bits per heavy atom. The van der Waals surface area contributed by atoms with Gasteiger partial charge in [0.15, 0.2) is 0 Å². The van der Waals surface area contributed by atoms with Crippen molar-refractivity contribution in [3.05, 3.63) is 65.5 Å². The number of quaternary nitrogens is 1. The lowest BCUT2D eigenvalue weighted by Gasteiger charge is -2.32. The van der Waals surface area contributed by atoms with E-state index in [1.54, 1.807) is 12.1 Å². The van der Waals surface area contributed by atoms with Crippen LogP contribution in [0.1, 0.15) is 17.2 Å². The molecule has 1 aliphatic heterocycles. The third kappa shape index (κ3) is 5.91. The average molecular weight is 412 g/mol. The molecular weight excluding hydrogens is 390 g/mol. The van der Waals surface area contributed by atoms with Gasteiger partial charge in [-0.3, -0.25) is 0 Å². The topological polar surface area (TPSA) is 54.8 Å². The standard InChI is InChI=1S/C20H21F4N3O2/c21-16-6-4-14(5-7-16)18(27-8-10-29-11-9-27)13-25-19(28)26-17-3-1-2-15(12-17)20(22,23)24/h1-7,12,18H,8-11,13H2,(H2,25,26,28)/p+1/t18-/m0/s1. The van der Waals surface area contributed by atoms with Gasteiger partial charge in [-0.1, -0.05) is 18.2 Å². The molecule has 2 aromatic carbocycles. The summed E-state index contributed by atoms with van der Waals surface area (Å²) in [7, 11) is 0. The Hall–Kier alpha value is -2.65. The van der Waals surface area contributed by atoms with Crippen molar-refractivity contribution in [2.45, 2.75) is 12.2 Å². The van der Waals surface area contributed by atoms with Gasteiger partial charge in [0.25, 0.3) is 0 Å². The molecule has 2 amide bonds. The van der Waals surface area contributed by atoms with Crippen LogP contribution in [0, 0.1) is 5.82 Å². The summed E-state index contributed by atoms with van der Waals surface area (Å²) in [4.78, 5) is 13.4. The van der Waals surface area contributed by atoms with Crippen LogP contribution in [-0.2, 0) is 10.9 Å². The first kappa shape index (κ1) is 21.1. The van der Waals surface area contributed by atoms with E-state index in [9.17, 15) is 22.4 Å². The number of anilines is 1. The number of nitrogens with one attached hydrogen (secondary N) is 3. The van der Waals surface area contributed by atoms with Crippen molar-refractivity contribution in [3.63, 3.8) is 0 Å². The van der Waals surface area contributed by atoms with Gasteiger partial charge in [0.1, 0.15) is 24.9 Å². The van der Waals surface area contributed by atoms with Crippen LogP contribution in [0.3, 0.4) is 0 Å². The summed E-state index contributed by atoms with van der Waals surface area (Å²) in [5.41, 5.74) is 0.0781. The number of carbonyl (C=O) groups excluding carboxylic acids is 1. The van der Waals surface area contributed by atoms with Gasteiger partial charge in [-0.2, -0.15) is 13.2 Å². The molecular formula is C20H22F4N3O2+. The number of alkyl halides is 3. The third-order valence-electron chi connectivity index (χ3n) is 4.81. The highest BCUT2D eigenvalue weighted by molar-refractivity contribution is 5.89. The van der Waals surface area contributed by atoms with Crippen LogP contribution in [0.4, 0.5) is 28.0 Å². The van der Waals surface area contributed by atoms with Crippen LogP contribution in [0.25, 0.3) is 0 Å². The number of halogens is 4. The zero-order valence-corrected chi connectivity index (χ0v) is 15.6. The molecule has 1 heterocycles. The summed E-state index contributed by atoms with van der Waals surface area (Å²) >= 11 is 0. The van der Waals surface area contributed by atoms with E-state index < -0.39 is 17.8 Å². The van der Waals surface area contributed by atoms with Crippen molar-refractivity contribution in [2.24, 2.45) is 0 Å². The number of benzene rings is 2. The second-order valence-electron chi connectivity index (χ2n) is 6.79. The molecule has 2 aromatic rings. The van der Waals surface area contributed by atoms with Gasteiger partial charge in [-0.15, -0.1) is 0 Å². The molecule has 5 nitrogen and oxygen atoms in total. The molecule has 0 radical (unpaired) electrons. The van der Waals surface area contributed by atoms with Gasteiger partial charge in [0, 0.05) is 11.3 Å². The molecule has 156 valence electrons. The molecule has 3 N–H and O–H groups in total. The first-order valence-electron chi connectivity index (χ1n) is 9.23. The minimum atomic E-state index is -4.48. The zero-order valence-electron chi connectivity index (χ0n) is 15.6. The second-order valence-corrected chi connectivity index (χ2v) is 6.79. The summed E-state index contributed by atoms with van der Waals surface area (Å²) in [5.74, 6) is -0.347. The Morgan fingerprint density at radius 2 is 1.79 bits per heavy atom. The van der Waals surface area contributed by atoms with E-state index in [0.717, 1.165) is 30.8 Å². The van der Waals surface area contributed by atoms with Gasteiger partial charge in [0.2, 0.25) is 0 Å².